The smallest absolute Gasteiger partial charge is 0.338 e. The number of methoxy groups -OCH3 is 1. The maximum atomic E-state index is 14.0. The lowest BCUT2D eigenvalue weighted by atomic mass is 9.95. The minimum atomic E-state index is -0.614. The summed E-state index contributed by atoms with van der Waals surface area (Å²) in [5.41, 5.74) is 3.04. The molecule has 0 bridgehead atoms. The number of anilines is 1. The number of benzene rings is 3. The zero-order valence-electron chi connectivity index (χ0n) is 20.3. The Bertz CT molecular complexity index is 1450. The van der Waals surface area contributed by atoms with Crippen molar-refractivity contribution in [3.8, 4) is 11.5 Å². The van der Waals surface area contributed by atoms with Crippen LogP contribution in [0.5, 0.6) is 11.5 Å². The van der Waals surface area contributed by atoms with Crippen LogP contribution in [-0.4, -0.2) is 27.8 Å². The second-order valence-electron chi connectivity index (χ2n) is 8.45. The van der Waals surface area contributed by atoms with E-state index < -0.39 is 12.0 Å². The van der Waals surface area contributed by atoms with Gasteiger partial charge in [0, 0.05) is 11.3 Å². The molecule has 0 saturated heterocycles. The molecule has 0 amide bonds. The van der Waals surface area contributed by atoms with E-state index in [1.807, 2.05) is 36.4 Å². The predicted octanol–water partition coefficient (Wildman–Crippen LogP) is 5.04. The van der Waals surface area contributed by atoms with Crippen LogP contribution >= 0.6 is 0 Å². The molecule has 5 rings (SSSR count). The Labute approximate surface area is 213 Å². The number of ether oxygens (including phenoxy) is 3. The number of aromatic nitrogens is 3. The fourth-order valence-corrected chi connectivity index (χ4v) is 4.21. The standard InChI is InChI=1S/C28H25FN4O4/c1-18-25(27(34)37-15-19-8-4-3-5-9-19)26(33-28(32-18)30-17-31-33)20-12-13-23(24(14-20)35-2)36-16-21-10-6-7-11-22(21)29/h3-14,17,26H,15-16H2,1-2H3,(H,30,31,32). The van der Waals surface area contributed by atoms with E-state index >= 15 is 0 Å². The van der Waals surface area contributed by atoms with E-state index in [0.29, 0.717) is 39.8 Å². The first-order valence-corrected chi connectivity index (χ1v) is 11.7. The zero-order valence-corrected chi connectivity index (χ0v) is 20.3. The lowest BCUT2D eigenvalue weighted by Gasteiger charge is -2.28. The monoisotopic (exact) mass is 500 g/mol. The van der Waals surface area contributed by atoms with Gasteiger partial charge in [-0.15, -0.1) is 0 Å². The second-order valence-corrected chi connectivity index (χ2v) is 8.45. The third kappa shape index (κ3) is 5.02. The predicted molar refractivity (Wildman–Crippen MR) is 134 cm³/mol. The summed E-state index contributed by atoms with van der Waals surface area (Å²) in [6.45, 7) is 1.98. The Morgan fingerprint density at radius 3 is 2.59 bits per heavy atom. The summed E-state index contributed by atoms with van der Waals surface area (Å²) in [5.74, 6) is 0.561. The fourth-order valence-electron chi connectivity index (χ4n) is 4.21. The number of nitrogens with one attached hydrogen (secondary N) is 1. The molecule has 3 aromatic carbocycles. The molecule has 0 spiro atoms. The number of rotatable bonds is 8. The van der Waals surface area contributed by atoms with Crippen molar-refractivity contribution in [1.29, 1.82) is 0 Å². The number of halogens is 1. The third-order valence-electron chi connectivity index (χ3n) is 6.07. The van der Waals surface area contributed by atoms with Gasteiger partial charge < -0.3 is 19.5 Å². The van der Waals surface area contributed by atoms with E-state index in [1.165, 1.54) is 19.5 Å². The first-order valence-electron chi connectivity index (χ1n) is 11.7. The number of carbonyl (C=O) groups excluding carboxylic acids is 1. The summed E-state index contributed by atoms with van der Waals surface area (Å²) in [6.07, 6.45) is 1.42. The Morgan fingerprint density at radius 1 is 1.03 bits per heavy atom. The first-order chi connectivity index (χ1) is 18.0. The van der Waals surface area contributed by atoms with E-state index in [-0.39, 0.29) is 19.0 Å². The summed E-state index contributed by atoms with van der Waals surface area (Å²) in [5, 5.41) is 7.48. The van der Waals surface area contributed by atoms with Gasteiger partial charge >= 0.3 is 5.97 Å². The number of fused-ring (bicyclic) bond motifs is 1. The highest BCUT2D eigenvalue weighted by molar-refractivity contribution is 5.92. The molecule has 0 saturated carbocycles. The average Bonchev–Trinajstić information content (AvgIpc) is 3.39. The largest absolute Gasteiger partial charge is 0.493 e. The van der Waals surface area contributed by atoms with E-state index in [1.54, 1.807) is 41.9 Å². The number of esters is 1. The zero-order chi connectivity index (χ0) is 25.8. The number of nitrogens with zero attached hydrogens (tertiary/aromatic N) is 3. The lowest BCUT2D eigenvalue weighted by molar-refractivity contribution is -0.140. The molecule has 37 heavy (non-hydrogen) atoms. The highest BCUT2D eigenvalue weighted by Gasteiger charge is 2.35. The normalized spacial score (nSPS) is 14.5. The molecule has 0 fully saturated rings. The van der Waals surface area contributed by atoms with Crippen LogP contribution in [-0.2, 0) is 22.7 Å². The van der Waals surface area contributed by atoms with Crippen LogP contribution < -0.4 is 14.8 Å². The van der Waals surface area contributed by atoms with E-state index in [9.17, 15) is 9.18 Å². The molecule has 1 aliphatic rings. The van der Waals surface area contributed by atoms with Gasteiger partial charge in [-0.2, -0.15) is 10.1 Å². The molecule has 9 heteroatoms. The van der Waals surface area contributed by atoms with Gasteiger partial charge in [0.1, 0.15) is 31.4 Å². The van der Waals surface area contributed by atoms with Crippen molar-refractivity contribution < 1.29 is 23.4 Å². The van der Waals surface area contributed by atoms with Gasteiger partial charge in [0.15, 0.2) is 11.5 Å². The number of hydrogen-bond donors (Lipinski definition) is 1. The minimum absolute atomic E-state index is 0.0407. The third-order valence-corrected chi connectivity index (χ3v) is 6.07. The first kappa shape index (κ1) is 24.1. The van der Waals surface area contributed by atoms with Crippen molar-refractivity contribution in [3.05, 3.63) is 113 Å². The van der Waals surface area contributed by atoms with Gasteiger partial charge in [-0.05, 0) is 36.2 Å². The summed E-state index contributed by atoms with van der Waals surface area (Å²) in [7, 11) is 1.52. The van der Waals surface area contributed by atoms with E-state index in [2.05, 4.69) is 15.4 Å². The lowest BCUT2D eigenvalue weighted by Crippen LogP contribution is -2.29. The average molecular weight is 501 g/mol. The van der Waals surface area contributed by atoms with Crippen LogP contribution in [0, 0.1) is 5.82 Å². The van der Waals surface area contributed by atoms with Crippen molar-refractivity contribution >= 4 is 11.9 Å². The molecule has 1 aromatic heterocycles. The van der Waals surface area contributed by atoms with Crippen LogP contribution in [0.25, 0.3) is 0 Å². The number of allylic oxidation sites excluding steroid dienone is 1. The maximum absolute atomic E-state index is 14.0. The molecule has 2 heterocycles. The quantitative estimate of drug-likeness (QED) is 0.339. The van der Waals surface area contributed by atoms with Gasteiger partial charge in [-0.25, -0.2) is 13.9 Å². The van der Waals surface area contributed by atoms with Crippen LogP contribution in [0.4, 0.5) is 10.3 Å². The SMILES string of the molecule is COc1cc(C2C(C(=O)OCc3ccccc3)=C(C)Nc3ncnn32)ccc1OCc1ccccc1F. The van der Waals surface area contributed by atoms with E-state index in [0.717, 1.165) is 5.56 Å². The number of carbonyl (C=O) groups is 1. The van der Waals surface area contributed by atoms with Crippen molar-refractivity contribution in [3.63, 3.8) is 0 Å². The van der Waals surface area contributed by atoms with Gasteiger partial charge in [-0.3, -0.25) is 0 Å². The summed E-state index contributed by atoms with van der Waals surface area (Å²) in [6, 6.07) is 20.6. The van der Waals surface area contributed by atoms with Gasteiger partial charge in [0.2, 0.25) is 5.95 Å². The second kappa shape index (κ2) is 10.5. The topological polar surface area (TPSA) is 87.5 Å². The summed E-state index contributed by atoms with van der Waals surface area (Å²) in [4.78, 5) is 17.6. The Balaban J connectivity index is 1.44. The van der Waals surface area contributed by atoms with Crippen LogP contribution in [0.2, 0.25) is 0 Å². The molecular weight excluding hydrogens is 475 g/mol. The van der Waals surface area contributed by atoms with Crippen LogP contribution in [0.1, 0.15) is 29.7 Å². The molecule has 4 aromatic rings. The highest BCUT2D eigenvalue weighted by Crippen LogP contribution is 2.39. The molecule has 0 radical (unpaired) electrons. The molecule has 188 valence electrons. The summed E-state index contributed by atoms with van der Waals surface area (Å²) >= 11 is 0. The molecule has 1 N–H and O–H groups in total. The van der Waals surface area contributed by atoms with Gasteiger partial charge in [0.25, 0.3) is 0 Å². The van der Waals surface area contributed by atoms with Crippen molar-refractivity contribution in [2.24, 2.45) is 0 Å². The molecule has 1 aliphatic heterocycles. The Kier molecular flexibility index (Phi) is 6.85. The van der Waals surface area contributed by atoms with E-state index in [4.69, 9.17) is 14.2 Å². The van der Waals surface area contributed by atoms with Crippen molar-refractivity contribution in [2.75, 3.05) is 12.4 Å². The molecule has 1 unspecified atom stereocenters. The molecule has 8 nitrogen and oxygen atoms in total. The van der Waals surface area contributed by atoms with Crippen molar-refractivity contribution in [2.45, 2.75) is 26.2 Å². The molecular formula is C28H25FN4O4. The molecule has 1 atom stereocenters. The summed E-state index contributed by atoms with van der Waals surface area (Å²) < 4.78 is 32.8. The molecule has 0 aliphatic carbocycles. The Morgan fingerprint density at radius 2 is 1.81 bits per heavy atom. The van der Waals surface area contributed by atoms with Gasteiger partial charge in [0.05, 0.1) is 12.7 Å². The maximum Gasteiger partial charge on any atom is 0.338 e. The van der Waals surface area contributed by atoms with Crippen molar-refractivity contribution in [1.82, 2.24) is 14.8 Å². The van der Waals surface area contributed by atoms with Crippen LogP contribution in [0.3, 0.4) is 0 Å². The number of hydrogen-bond acceptors (Lipinski definition) is 7. The fraction of sp³-hybridized carbons (Fsp3) is 0.179. The Hall–Kier alpha value is -4.66. The minimum Gasteiger partial charge on any atom is -0.493 e. The van der Waals surface area contributed by atoms with Crippen LogP contribution in [0.15, 0.2) is 90.4 Å². The highest BCUT2D eigenvalue weighted by atomic mass is 19.1. The van der Waals surface area contributed by atoms with Gasteiger partial charge in [-0.1, -0.05) is 54.6 Å².